The molecule has 15 heavy (non-hydrogen) atoms. The van der Waals surface area contributed by atoms with Crippen LogP contribution in [0.25, 0.3) is 0 Å². The van der Waals surface area contributed by atoms with E-state index in [-0.39, 0.29) is 0 Å². The summed E-state index contributed by atoms with van der Waals surface area (Å²) >= 11 is 0. The lowest BCUT2D eigenvalue weighted by atomic mass is 10.1. The minimum Gasteiger partial charge on any atom is -0.371 e. The summed E-state index contributed by atoms with van der Waals surface area (Å²) in [7, 11) is 2.21. The van der Waals surface area contributed by atoms with Gasteiger partial charge in [-0.15, -0.1) is 0 Å². The first-order valence-corrected chi connectivity index (χ1v) is 5.84. The fourth-order valence-electron chi connectivity index (χ4n) is 1.92. The number of nitrogens with zero attached hydrogens (tertiary/aromatic N) is 1. The minimum atomic E-state index is 0.785. The van der Waals surface area contributed by atoms with Crippen molar-refractivity contribution in [2.75, 3.05) is 18.5 Å². The van der Waals surface area contributed by atoms with Crippen LogP contribution in [0.3, 0.4) is 0 Å². The Morgan fingerprint density at radius 3 is 2.73 bits per heavy atom. The molecule has 0 unspecified atom stereocenters. The van der Waals surface area contributed by atoms with Crippen LogP contribution in [0.2, 0.25) is 0 Å². The first kappa shape index (κ1) is 10.5. The number of para-hydroxylation sites is 1. The number of anilines is 1. The van der Waals surface area contributed by atoms with Crippen molar-refractivity contribution >= 4 is 5.69 Å². The van der Waals surface area contributed by atoms with Crippen molar-refractivity contribution in [2.45, 2.75) is 32.4 Å². The smallest absolute Gasteiger partial charge is 0.0411 e. The Hall–Kier alpha value is -1.02. The summed E-state index contributed by atoms with van der Waals surface area (Å²) in [4.78, 5) is 2.42. The second-order valence-electron chi connectivity index (χ2n) is 4.25. The largest absolute Gasteiger partial charge is 0.371 e. The number of hydrogen-bond acceptors (Lipinski definition) is 2. The minimum absolute atomic E-state index is 0.785. The Bertz CT molecular complexity index is 318. The van der Waals surface area contributed by atoms with Crippen molar-refractivity contribution in [3.8, 4) is 0 Å². The van der Waals surface area contributed by atoms with Crippen LogP contribution in [0, 0.1) is 0 Å². The maximum absolute atomic E-state index is 3.39. The van der Waals surface area contributed by atoms with E-state index in [0.717, 1.165) is 19.1 Å². The van der Waals surface area contributed by atoms with Crippen molar-refractivity contribution in [3.05, 3.63) is 29.8 Å². The van der Waals surface area contributed by atoms with E-state index in [9.17, 15) is 0 Å². The molecule has 0 aliphatic heterocycles. The van der Waals surface area contributed by atoms with E-state index in [1.165, 1.54) is 24.1 Å². The Kier molecular flexibility index (Phi) is 3.27. The van der Waals surface area contributed by atoms with Gasteiger partial charge in [-0.2, -0.15) is 0 Å². The summed E-state index contributed by atoms with van der Waals surface area (Å²) in [5, 5.41) is 3.39. The first-order chi connectivity index (χ1) is 7.33. The van der Waals surface area contributed by atoms with Gasteiger partial charge >= 0.3 is 0 Å². The SMILES string of the molecule is CCNCc1ccccc1N(C)C1CC1. The fourth-order valence-corrected chi connectivity index (χ4v) is 1.92. The molecule has 1 N–H and O–H groups in total. The van der Waals surface area contributed by atoms with Gasteiger partial charge in [0.2, 0.25) is 0 Å². The van der Waals surface area contributed by atoms with Gasteiger partial charge in [0.05, 0.1) is 0 Å². The van der Waals surface area contributed by atoms with Gasteiger partial charge in [0.1, 0.15) is 0 Å². The summed E-state index contributed by atoms with van der Waals surface area (Å²) in [6, 6.07) is 9.48. The van der Waals surface area contributed by atoms with E-state index < -0.39 is 0 Å². The van der Waals surface area contributed by atoms with Gasteiger partial charge in [-0.05, 0) is 31.0 Å². The Labute approximate surface area is 92.3 Å². The third kappa shape index (κ3) is 2.51. The normalized spacial score (nSPS) is 15.3. The average molecular weight is 204 g/mol. The van der Waals surface area contributed by atoms with Crippen molar-refractivity contribution in [1.29, 1.82) is 0 Å². The quantitative estimate of drug-likeness (QED) is 0.792. The van der Waals surface area contributed by atoms with Crippen LogP contribution in [0.5, 0.6) is 0 Å². The summed E-state index contributed by atoms with van der Waals surface area (Å²) < 4.78 is 0. The maximum atomic E-state index is 3.39. The van der Waals surface area contributed by atoms with Crippen molar-refractivity contribution in [1.82, 2.24) is 5.32 Å². The summed E-state index contributed by atoms with van der Waals surface area (Å²) in [5.74, 6) is 0. The van der Waals surface area contributed by atoms with Crippen LogP contribution in [-0.2, 0) is 6.54 Å². The van der Waals surface area contributed by atoms with Gasteiger partial charge < -0.3 is 10.2 Å². The Balaban J connectivity index is 2.12. The molecule has 2 rings (SSSR count). The van der Waals surface area contributed by atoms with E-state index in [2.05, 4.69) is 48.5 Å². The monoisotopic (exact) mass is 204 g/mol. The average Bonchev–Trinajstić information content (AvgIpc) is 3.09. The molecule has 1 aromatic carbocycles. The zero-order valence-corrected chi connectivity index (χ0v) is 9.66. The van der Waals surface area contributed by atoms with Crippen LogP contribution in [0.15, 0.2) is 24.3 Å². The highest BCUT2D eigenvalue weighted by Gasteiger charge is 2.27. The van der Waals surface area contributed by atoms with Gasteiger partial charge in [0.25, 0.3) is 0 Å². The lowest BCUT2D eigenvalue weighted by Crippen LogP contribution is -2.22. The summed E-state index contributed by atoms with van der Waals surface area (Å²) in [6.45, 7) is 4.15. The van der Waals surface area contributed by atoms with Crippen molar-refractivity contribution in [2.24, 2.45) is 0 Å². The van der Waals surface area contributed by atoms with Gasteiger partial charge in [0.15, 0.2) is 0 Å². The molecular formula is C13H20N2. The second kappa shape index (κ2) is 4.67. The summed E-state index contributed by atoms with van der Waals surface area (Å²) in [5.41, 5.74) is 2.80. The molecule has 0 spiro atoms. The predicted octanol–water partition coefficient (Wildman–Crippen LogP) is 2.39. The maximum Gasteiger partial charge on any atom is 0.0411 e. The zero-order chi connectivity index (χ0) is 10.7. The topological polar surface area (TPSA) is 15.3 Å². The molecule has 1 aromatic rings. The van der Waals surface area contributed by atoms with Crippen LogP contribution >= 0.6 is 0 Å². The first-order valence-electron chi connectivity index (χ1n) is 5.84. The third-order valence-electron chi connectivity index (χ3n) is 3.03. The highest BCUT2D eigenvalue weighted by atomic mass is 15.2. The highest BCUT2D eigenvalue weighted by Crippen LogP contribution is 2.31. The van der Waals surface area contributed by atoms with Crippen LogP contribution < -0.4 is 10.2 Å². The molecule has 1 aliphatic rings. The van der Waals surface area contributed by atoms with E-state index in [0.29, 0.717) is 0 Å². The standard InChI is InChI=1S/C13H20N2/c1-3-14-10-11-6-4-5-7-13(11)15(2)12-8-9-12/h4-7,12,14H,3,8-10H2,1-2H3. The molecule has 0 aromatic heterocycles. The summed E-state index contributed by atoms with van der Waals surface area (Å²) in [6.07, 6.45) is 2.71. The number of rotatable bonds is 5. The number of hydrogen-bond donors (Lipinski definition) is 1. The third-order valence-corrected chi connectivity index (χ3v) is 3.03. The van der Waals surface area contributed by atoms with E-state index in [1.54, 1.807) is 0 Å². The highest BCUT2D eigenvalue weighted by molar-refractivity contribution is 5.54. The van der Waals surface area contributed by atoms with Crippen LogP contribution in [0.4, 0.5) is 5.69 Å². The van der Waals surface area contributed by atoms with Crippen molar-refractivity contribution in [3.63, 3.8) is 0 Å². The van der Waals surface area contributed by atoms with Crippen LogP contribution in [-0.4, -0.2) is 19.6 Å². The molecule has 1 saturated carbocycles. The van der Waals surface area contributed by atoms with Gasteiger partial charge in [-0.25, -0.2) is 0 Å². The van der Waals surface area contributed by atoms with Gasteiger partial charge in [-0.3, -0.25) is 0 Å². The van der Waals surface area contributed by atoms with E-state index in [4.69, 9.17) is 0 Å². The zero-order valence-electron chi connectivity index (χ0n) is 9.66. The molecule has 0 atom stereocenters. The molecule has 82 valence electrons. The molecule has 0 bridgehead atoms. The Morgan fingerprint density at radius 1 is 1.33 bits per heavy atom. The van der Waals surface area contributed by atoms with Crippen molar-refractivity contribution < 1.29 is 0 Å². The van der Waals surface area contributed by atoms with E-state index in [1.807, 2.05) is 0 Å². The lowest BCUT2D eigenvalue weighted by Gasteiger charge is -2.22. The molecule has 0 radical (unpaired) electrons. The predicted molar refractivity (Wildman–Crippen MR) is 65.2 cm³/mol. The van der Waals surface area contributed by atoms with Gasteiger partial charge in [-0.1, -0.05) is 25.1 Å². The fraction of sp³-hybridized carbons (Fsp3) is 0.538. The number of benzene rings is 1. The molecule has 2 nitrogen and oxygen atoms in total. The molecular weight excluding hydrogens is 184 g/mol. The molecule has 0 saturated heterocycles. The second-order valence-corrected chi connectivity index (χ2v) is 4.25. The molecule has 2 heteroatoms. The van der Waals surface area contributed by atoms with Gasteiger partial charge in [0, 0.05) is 25.3 Å². The molecule has 0 heterocycles. The molecule has 1 fully saturated rings. The lowest BCUT2D eigenvalue weighted by molar-refractivity contribution is 0.723. The Morgan fingerprint density at radius 2 is 2.07 bits per heavy atom. The van der Waals surface area contributed by atoms with E-state index >= 15 is 0 Å². The van der Waals surface area contributed by atoms with Crippen LogP contribution in [0.1, 0.15) is 25.3 Å². The molecule has 1 aliphatic carbocycles. The number of nitrogens with one attached hydrogen (secondary N) is 1. The molecule has 0 amide bonds.